The van der Waals surface area contributed by atoms with Crippen molar-refractivity contribution in [1.29, 1.82) is 0 Å². The van der Waals surface area contributed by atoms with Crippen molar-refractivity contribution >= 4 is 6.01 Å². The summed E-state index contributed by atoms with van der Waals surface area (Å²) < 4.78 is 10.7. The molecule has 2 N–H and O–H groups in total. The summed E-state index contributed by atoms with van der Waals surface area (Å²) in [5.41, 5.74) is 0. The van der Waals surface area contributed by atoms with Crippen molar-refractivity contribution in [3.8, 4) is 0 Å². The van der Waals surface area contributed by atoms with Gasteiger partial charge >= 0.3 is 6.01 Å². The maximum absolute atomic E-state index is 9.34. The van der Waals surface area contributed by atoms with Crippen LogP contribution in [0.5, 0.6) is 0 Å². The SMILES string of the molecule is CCCc1nnc(NC[C@@H](CO)Cc2ccco2)o1. The van der Waals surface area contributed by atoms with Crippen LogP contribution in [0.1, 0.15) is 25.0 Å². The predicted octanol–water partition coefficient (Wildman–Crippen LogP) is 1.88. The zero-order valence-corrected chi connectivity index (χ0v) is 11.0. The Morgan fingerprint density at radius 2 is 2.32 bits per heavy atom. The molecule has 0 fully saturated rings. The quantitative estimate of drug-likeness (QED) is 0.758. The molecule has 0 aliphatic heterocycles. The minimum absolute atomic E-state index is 0.0488. The number of furan rings is 1. The van der Waals surface area contributed by atoms with Crippen LogP contribution < -0.4 is 5.32 Å². The number of nitrogens with zero attached hydrogens (tertiary/aromatic N) is 2. The normalized spacial score (nSPS) is 12.5. The first-order valence-corrected chi connectivity index (χ1v) is 6.51. The molecule has 0 aromatic carbocycles. The van der Waals surface area contributed by atoms with Gasteiger partial charge in [-0.15, -0.1) is 5.10 Å². The summed E-state index contributed by atoms with van der Waals surface area (Å²) in [5.74, 6) is 1.54. The molecule has 2 rings (SSSR count). The molecule has 0 saturated heterocycles. The van der Waals surface area contributed by atoms with Gasteiger partial charge in [0.2, 0.25) is 5.89 Å². The lowest BCUT2D eigenvalue weighted by molar-refractivity contribution is 0.226. The van der Waals surface area contributed by atoms with E-state index in [4.69, 9.17) is 8.83 Å². The van der Waals surface area contributed by atoms with Crippen molar-refractivity contribution in [2.75, 3.05) is 18.5 Å². The monoisotopic (exact) mass is 265 g/mol. The van der Waals surface area contributed by atoms with Gasteiger partial charge in [-0.2, -0.15) is 0 Å². The molecule has 0 bridgehead atoms. The Labute approximate surface area is 111 Å². The van der Waals surface area contributed by atoms with Crippen LogP contribution in [0, 0.1) is 5.92 Å². The number of rotatable bonds is 8. The van der Waals surface area contributed by atoms with Crippen LogP contribution in [0.4, 0.5) is 6.01 Å². The van der Waals surface area contributed by atoms with Crippen molar-refractivity contribution in [3.63, 3.8) is 0 Å². The van der Waals surface area contributed by atoms with Crippen LogP contribution in [0.25, 0.3) is 0 Å². The molecule has 6 heteroatoms. The highest BCUT2D eigenvalue weighted by molar-refractivity contribution is 5.17. The van der Waals surface area contributed by atoms with Gasteiger partial charge in [0, 0.05) is 31.9 Å². The van der Waals surface area contributed by atoms with Crippen LogP contribution >= 0.6 is 0 Å². The lowest BCUT2D eigenvalue weighted by atomic mass is 10.1. The minimum atomic E-state index is 0.0488. The third-order valence-electron chi connectivity index (χ3n) is 2.80. The second-order valence-electron chi connectivity index (χ2n) is 4.46. The smallest absolute Gasteiger partial charge is 0.315 e. The van der Waals surface area contributed by atoms with Gasteiger partial charge in [-0.25, -0.2) is 0 Å². The Morgan fingerprint density at radius 3 is 3.00 bits per heavy atom. The van der Waals surface area contributed by atoms with Crippen LogP contribution in [0.3, 0.4) is 0 Å². The van der Waals surface area contributed by atoms with Gasteiger partial charge < -0.3 is 19.3 Å². The average Bonchev–Trinajstić information content (AvgIpc) is 3.06. The molecule has 2 aromatic heterocycles. The van der Waals surface area contributed by atoms with Crippen LogP contribution in [-0.2, 0) is 12.8 Å². The number of aromatic nitrogens is 2. The Morgan fingerprint density at radius 1 is 1.42 bits per heavy atom. The van der Waals surface area contributed by atoms with E-state index in [2.05, 4.69) is 22.4 Å². The van der Waals surface area contributed by atoms with Gasteiger partial charge in [0.15, 0.2) is 0 Å². The van der Waals surface area contributed by atoms with Crippen molar-refractivity contribution in [1.82, 2.24) is 10.2 Å². The van der Waals surface area contributed by atoms with Crippen molar-refractivity contribution < 1.29 is 13.9 Å². The van der Waals surface area contributed by atoms with Crippen LogP contribution in [0.15, 0.2) is 27.2 Å². The summed E-state index contributed by atoms with van der Waals surface area (Å²) in [4.78, 5) is 0. The molecule has 2 heterocycles. The van der Waals surface area contributed by atoms with Crippen molar-refractivity contribution in [2.45, 2.75) is 26.2 Å². The standard InChI is InChI=1S/C13H19N3O3/c1-2-4-12-15-16-13(19-12)14-8-10(9-17)7-11-5-3-6-18-11/h3,5-6,10,17H,2,4,7-9H2,1H3,(H,14,16)/t10-/m0/s1. The van der Waals surface area contributed by atoms with Gasteiger partial charge in [-0.1, -0.05) is 12.0 Å². The van der Waals surface area contributed by atoms with E-state index in [9.17, 15) is 5.11 Å². The maximum atomic E-state index is 9.34. The van der Waals surface area contributed by atoms with Gasteiger partial charge in [-0.05, 0) is 18.6 Å². The number of nitrogens with one attached hydrogen (secondary N) is 1. The fourth-order valence-electron chi connectivity index (χ4n) is 1.79. The average molecular weight is 265 g/mol. The summed E-state index contributed by atoms with van der Waals surface area (Å²) in [7, 11) is 0. The molecule has 0 saturated carbocycles. The number of anilines is 1. The molecular weight excluding hydrogens is 246 g/mol. The van der Waals surface area contributed by atoms with Gasteiger partial charge in [0.1, 0.15) is 5.76 Å². The Kier molecular flexibility index (Phi) is 4.97. The molecule has 0 unspecified atom stereocenters. The first kappa shape index (κ1) is 13.6. The molecule has 6 nitrogen and oxygen atoms in total. The number of aliphatic hydroxyl groups is 1. The maximum Gasteiger partial charge on any atom is 0.315 e. The Hall–Kier alpha value is -1.82. The van der Waals surface area contributed by atoms with E-state index < -0.39 is 0 Å². The fraction of sp³-hybridized carbons (Fsp3) is 0.538. The Bertz CT molecular complexity index is 467. The van der Waals surface area contributed by atoms with Crippen molar-refractivity contribution in [3.05, 3.63) is 30.0 Å². The van der Waals surface area contributed by atoms with Gasteiger partial charge in [0.05, 0.1) is 6.26 Å². The largest absolute Gasteiger partial charge is 0.469 e. The highest BCUT2D eigenvalue weighted by Gasteiger charge is 2.12. The van der Waals surface area contributed by atoms with Crippen molar-refractivity contribution in [2.24, 2.45) is 5.92 Å². The van der Waals surface area contributed by atoms with Crippen LogP contribution in [0.2, 0.25) is 0 Å². The lowest BCUT2D eigenvalue weighted by Gasteiger charge is -2.12. The number of hydrogen-bond acceptors (Lipinski definition) is 6. The highest BCUT2D eigenvalue weighted by Crippen LogP contribution is 2.12. The highest BCUT2D eigenvalue weighted by atomic mass is 16.4. The van der Waals surface area contributed by atoms with Gasteiger partial charge in [0.25, 0.3) is 0 Å². The molecular formula is C13H19N3O3. The second-order valence-corrected chi connectivity index (χ2v) is 4.46. The molecule has 19 heavy (non-hydrogen) atoms. The summed E-state index contributed by atoms with van der Waals surface area (Å²) >= 11 is 0. The van der Waals surface area contributed by atoms with E-state index in [0.717, 1.165) is 18.6 Å². The summed E-state index contributed by atoms with van der Waals surface area (Å²) in [6.45, 7) is 2.69. The van der Waals surface area contributed by atoms with E-state index in [1.54, 1.807) is 6.26 Å². The van der Waals surface area contributed by atoms with E-state index >= 15 is 0 Å². The van der Waals surface area contributed by atoms with E-state index in [1.165, 1.54) is 0 Å². The third kappa shape index (κ3) is 4.10. The van der Waals surface area contributed by atoms with E-state index in [1.807, 2.05) is 12.1 Å². The fourth-order valence-corrected chi connectivity index (χ4v) is 1.79. The van der Waals surface area contributed by atoms with E-state index in [0.29, 0.717) is 24.9 Å². The summed E-state index contributed by atoms with van der Waals surface area (Å²) in [6.07, 6.45) is 4.06. The first-order chi connectivity index (χ1) is 9.31. The van der Waals surface area contributed by atoms with Crippen LogP contribution in [-0.4, -0.2) is 28.5 Å². The topological polar surface area (TPSA) is 84.3 Å². The summed E-state index contributed by atoms with van der Waals surface area (Å²) in [6, 6.07) is 4.14. The third-order valence-corrected chi connectivity index (χ3v) is 2.80. The molecule has 0 aliphatic carbocycles. The molecule has 1 atom stereocenters. The number of aliphatic hydroxyl groups excluding tert-OH is 1. The molecule has 0 radical (unpaired) electrons. The number of aryl methyl sites for hydroxylation is 1. The zero-order valence-electron chi connectivity index (χ0n) is 11.0. The molecule has 2 aromatic rings. The number of hydrogen-bond donors (Lipinski definition) is 2. The predicted molar refractivity (Wildman–Crippen MR) is 69.8 cm³/mol. The Balaban J connectivity index is 1.81. The second kappa shape index (κ2) is 6.94. The van der Waals surface area contributed by atoms with E-state index in [-0.39, 0.29) is 12.5 Å². The molecule has 0 aliphatic rings. The molecule has 0 spiro atoms. The first-order valence-electron chi connectivity index (χ1n) is 6.51. The zero-order chi connectivity index (χ0) is 13.5. The minimum Gasteiger partial charge on any atom is -0.469 e. The molecule has 104 valence electrons. The molecule has 0 amide bonds. The van der Waals surface area contributed by atoms with Gasteiger partial charge in [-0.3, -0.25) is 0 Å². The lowest BCUT2D eigenvalue weighted by Crippen LogP contribution is -2.20. The summed E-state index contributed by atoms with van der Waals surface area (Å²) in [5, 5.41) is 20.2.